The Labute approximate surface area is 203 Å². The molecule has 5 rings (SSSR count). The summed E-state index contributed by atoms with van der Waals surface area (Å²) in [5.74, 6) is -0.243. The molecule has 3 heterocycles. The van der Waals surface area contributed by atoms with Crippen molar-refractivity contribution in [3.63, 3.8) is 0 Å². The van der Waals surface area contributed by atoms with Crippen LogP contribution in [0.15, 0.2) is 77.7 Å². The van der Waals surface area contributed by atoms with E-state index in [1.54, 1.807) is 21.7 Å². The minimum atomic E-state index is -0.315. The lowest BCUT2D eigenvalue weighted by Gasteiger charge is -2.36. The number of carbonyl (C=O) groups is 1. The van der Waals surface area contributed by atoms with E-state index in [9.17, 15) is 9.59 Å². The van der Waals surface area contributed by atoms with Crippen LogP contribution in [0.4, 0.5) is 5.69 Å². The van der Waals surface area contributed by atoms with Crippen molar-refractivity contribution in [2.24, 2.45) is 0 Å². The molecule has 2 aromatic carbocycles. The summed E-state index contributed by atoms with van der Waals surface area (Å²) in [6, 6.07) is 21.1. The molecule has 0 bridgehead atoms. The molecule has 0 aliphatic carbocycles. The van der Waals surface area contributed by atoms with Gasteiger partial charge in [-0.15, -0.1) is 0 Å². The lowest BCUT2D eigenvalue weighted by molar-refractivity contribution is 0.0744. The Balaban J connectivity index is 1.44. The van der Waals surface area contributed by atoms with Gasteiger partial charge >= 0.3 is 0 Å². The molecule has 0 saturated carbocycles. The summed E-state index contributed by atoms with van der Waals surface area (Å²) in [6.07, 6.45) is 1.67. The fourth-order valence-corrected chi connectivity index (χ4v) is 4.67. The topological polar surface area (TPSA) is 58.4 Å². The van der Waals surface area contributed by atoms with E-state index in [0.717, 1.165) is 22.2 Å². The minimum absolute atomic E-state index is 0.179. The molecule has 0 spiro atoms. The summed E-state index contributed by atoms with van der Waals surface area (Å²) in [5, 5.41) is 1.47. The molecule has 0 N–H and O–H groups in total. The molecule has 0 atom stereocenters. The van der Waals surface area contributed by atoms with Crippen LogP contribution in [0.1, 0.15) is 21.5 Å². The maximum absolute atomic E-state index is 13.5. The molecule has 4 aromatic rings. The molecule has 1 amide bonds. The number of piperazine rings is 1. The van der Waals surface area contributed by atoms with E-state index in [4.69, 9.17) is 11.6 Å². The Bertz CT molecular complexity index is 1410. The van der Waals surface area contributed by atoms with Gasteiger partial charge in [-0.05, 0) is 42.8 Å². The van der Waals surface area contributed by atoms with Crippen molar-refractivity contribution in [3.05, 3.63) is 105 Å². The fraction of sp³-hybridized carbons (Fsp3) is 0.222. The largest absolute Gasteiger partial charge is 0.367 e. The van der Waals surface area contributed by atoms with Crippen LogP contribution in [0.5, 0.6) is 0 Å². The highest BCUT2D eigenvalue weighted by molar-refractivity contribution is 6.33. The van der Waals surface area contributed by atoms with Crippen molar-refractivity contribution in [2.45, 2.75) is 13.5 Å². The molecule has 34 heavy (non-hydrogen) atoms. The quantitative estimate of drug-likeness (QED) is 0.442. The molecule has 172 valence electrons. The van der Waals surface area contributed by atoms with Crippen LogP contribution in [0, 0.1) is 6.92 Å². The maximum atomic E-state index is 13.5. The number of aryl methyl sites for hydroxylation is 1. The molecule has 0 radical (unpaired) electrons. The first kappa shape index (κ1) is 22.2. The van der Waals surface area contributed by atoms with E-state index in [1.807, 2.05) is 67.6 Å². The third kappa shape index (κ3) is 4.29. The second kappa shape index (κ2) is 9.31. The Morgan fingerprint density at radius 1 is 0.971 bits per heavy atom. The predicted octanol–water partition coefficient (Wildman–Crippen LogP) is 4.37. The highest BCUT2D eigenvalue weighted by atomic mass is 35.5. The highest BCUT2D eigenvalue weighted by Crippen LogP contribution is 2.26. The first-order chi connectivity index (χ1) is 16.5. The van der Waals surface area contributed by atoms with Gasteiger partial charge in [0.05, 0.1) is 17.3 Å². The first-order valence-electron chi connectivity index (χ1n) is 11.3. The average molecular weight is 473 g/mol. The van der Waals surface area contributed by atoms with Gasteiger partial charge in [0.1, 0.15) is 11.2 Å². The summed E-state index contributed by atoms with van der Waals surface area (Å²) < 4.78 is 1.60. The molecule has 6 nitrogen and oxygen atoms in total. The van der Waals surface area contributed by atoms with Crippen molar-refractivity contribution in [1.29, 1.82) is 0 Å². The van der Waals surface area contributed by atoms with Crippen LogP contribution >= 0.6 is 11.6 Å². The predicted molar refractivity (Wildman–Crippen MR) is 136 cm³/mol. The molecule has 2 aromatic heterocycles. The van der Waals surface area contributed by atoms with Crippen molar-refractivity contribution < 1.29 is 4.79 Å². The van der Waals surface area contributed by atoms with E-state index in [2.05, 4.69) is 9.88 Å². The second-order valence-electron chi connectivity index (χ2n) is 8.58. The lowest BCUT2D eigenvalue weighted by atomic mass is 10.1. The lowest BCUT2D eigenvalue weighted by Crippen LogP contribution is -2.50. The number of halogens is 1. The number of fused-ring (bicyclic) bond motifs is 1. The van der Waals surface area contributed by atoms with E-state index < -0.39 is 0 Å². The third-order valence-corrected chi connectivity index (χ3v) is 6.62. The third-order valence-electron chi connectivity index (χ3n) is 6.30. The number of rotatable bonds is 4. The van der Waals surface area contributed by atoms with E-state index in [-0.39, 0.29) is 17.0 Å². The molecular weight excluding hydrogens is 448 g/mol. The van der Waals surface area contributed by atoms with Gasteiger partial charge in [-0.3, -0.25) is 14.2 Å². The number of nitrogens with zero attached hydrogens (tertiary/aromatic N) is 4. The first-order valence-corrected chi connectivity index (χ1v) is 11.7. The maximum Gasteiger partial charge on any atom is 0.265 e. The number of benzene rings is 2. The summed E-state index contributed by atoms with van der Waals surface area (Å²) >= 11 is 6.35. The number of hydrogen-bond acceptors (Lipinski definition) is 4. The van der Waals surface area contributed by atoms with Crippen LogP contribution in [0.25, 0.3) is 11.0 Å². The molecule has 0 unspecified atom stereocenters. The zero-order valence-electron chi connectivity index (χ0n) is 18.9. The Morgan fingerprint density at radius 2 is 1.71 bits per heavy atom. The number of hydrogen-bond donors (Lipinski definition) is 0. The second-order valence-corrected chi connectivity index (χ2v) is 8.99. The number of anilines is 1. The molecule has 1 aliphatic rings. The highest BCUT2D eigenvalue weighted by Gasteiger charge is 2.26. The van der Waals surface area contributed by atoms with Crippen molar-refractivity contribution in [1.82, 2.24) is 14.5 Å². The van der Waals surface area contributed by atoms with Crippen molar-refractivity contribution in [3.8, 4) is 0 Å². The smallest absolute Gasteiger partial charge is 0.265 e. The number of pyridine rings is 2. The Morgan fingerprint density at radius 3 is 2.44 bits per heavy atom. The molecule has 1 aliphatic heterocycles. The van der Waals surface area contributed by atoms with Gasteiger partial charge in [0.2, 0.25) is 0 Å². The fourth-order valence-electron chi connectivity index (χ4n) is 4.41. The summed E-state index contributed by atoms with van der Waals surface area (Å²) in [7, 11) is 0. The van der Waals surface area contributed by atoms with Gasteiger partial charge in [0.25, 0.3) is 11.5 Å². The van der Waals surface area contributed by atoms with Crippen LogP contribution in [0.3, 0.4) is 0 Å². The normalized spacial score (nSPS) is 13.9. The van der Waals surface area contributed by atoms with E-state index >= 15 is 0 Å². The summed E-state index contributed by atoms with van der Waals surface area (Å²) in [5.41, 5.74) is 3.54. The van der Waals surface area contributed by atoms with E-state index in [0.29, 0.717) is 43.4 Å². The monoisotopic (exact) mass is 472 g/mol. The Hall–Kier alpha value is -3.64. The Kier molecular flexibility index (Phi) is 6.07. The number of aromatic nitrogens is 2. The van der Waals surface area contributed by atoms with Crippen LogP contribution in [-0.2, 0) is 6.54 Å². The summed E-state index contributed by atoms with van der Waals surface area (Å²) in [4.78, 5) is 35.4. The van der Waals surface area contributed by atoms with E-state index in [1.165, 1.54) is 0 Å². The average Bonchev–Trinajstić information content (AvgIpc) is 2.87. The zero-order valence-corrected chi connectivity index (χ0v) is 19.7. The van der Waals surface area contributed by atoms with Gasteiger partial charge in [-0.25, -0.2) is 4.98 Å². The van der Waals surface area contributed by atoms with Crippen LogP contribution in [0.2, 0.25) is 5.02 Å². The standard InChI is InChI=1S/C27H25ClN4O2/c1-19-8-10-20(11-9-19)18-32-25-21(5-4-12-29-25)17-22(27(32)34)26(33)31-15-13-30(14-16-31)24-7-3-2-6-23(24)28/h2-12,17H,13-16,18H2,1H3. The van der Waals surface area contributed by atoms with Crippen LogP contribution < -0.4 is 10.5 Å². The van der Waals surface area contributed by atoms with Gasteiger partial charge < -0.3 is 9.80 Å². The summed E-state index contributed by atoms with van der Waals surface area (Å²) in [6.45, 7) is 4.73. The van der Waals surface area contributed by atoms with Gasteiger partial charge in [0.15, 0.2) is 0 Å². The SMILES string of the molecule is Cc1ccc(Cn2c(=O)c(C(=O)N3CCN(c4ccccc4Cl)CC3)cc3cccnc32)cc1. The molecule has 1 fully saturated rings. The molecule has 7 heteroatoms. The van der Waals surface area contributed by atoms with Crippen molar-refractivity contribution >= 4 is 34.2 Å². The van der Waals surface area contributed by atoms with Gasteiger partial charge in [-0.1, -0.05) is 53.6 Å². The van der Waals surface area contributed by atoms with Crippen molar-refractivity contribution in [2.75, 3.05) is 31.1 Å². The number of amides is 1. The number of carbonyl (C=O) groups excluding carboxylic acids is 1. The zero-order chi connectivity index (χ0) is 23.7. The van der Waals surface area contributed by atoms with Gasteiger partial charge in [-0.2, -0.15) is 0 Å². The van der Waals surface area contributed by atoms with Crippen LogP contribution in [-0.4, -0.2) is 46.5 Å². The minimum Gasteiger partial charge on any atom is -0.367 e. The molecule has 1 saturated heterocycles. The number of para-hydroxylation sites is 1. The van der Waals surface area contributed by atoms with Gasteiger partial charge in [0, 0.05) is 37.8 Å². The molecular formula is C27H25ClN4O2.